The molecular weight excluding hydrogens is 244 g/mol. The summed E-state index contributed by atoms with van der Waals surface area (Å²) in [6, 6.07) is 5.76. The number of hydrogen-bond donors (Lipinski definition) is 2. The van der Waals surface area contributed by atoms with Crippen molar-refractivity contribution >= 4 is 5.91 Å². The lowest BCUT2D eigenvalue weighted by Gasteiger charge is -2.11. The molecule has 18 heavy (non-hydrogen) atoms. The second kappa shape index (κ2) is 6.90. The number of aliphatic hydroxyl groups is 1. The number of amides is 1. The van der Waals surface area contributed by atoms with Crippen LogP contribution in [0.5, 0.6) is 5.75 Å². The van der Waals surface area contributed by atoms with Crippen LogP contribution in [-0.4, -0.2) is 30.3 Å². The number of ether oxygens (including phenoxy) is 1. The largest absolute Gasteiger partial charge is 0.434 e. The van der Waals surface area contributed by atoms with E-state index in [0.29, 0.717) is 6.42 Å². The smallest absolute Gasteiger partial charge is 0.387 e. The first kappa shape index (κ1) is 14.4. The Morgan fingerprint density at radius 2 is 2.11 bits per heavy atom. The van der Waals surface area contributed by atoms with Crippen molar-refractivity contribution in [2.75, 3.05) is 6.54 Å². The number of aliphatic hydroxyl groups excluding tert-OH is 1. The van der Waals surface area contributed by atoms with E-state index < -0.39 is 18.6 Å². The monoisotopic (exact) mass is 259 g/mol. The molecule has 0 aliphatic rings. The van der Waals surface area contributed by atoms with Gasteiger partial charge in [-0.3, -0.25) is 4.79 Å². The molecule has 1 unspecified atom stereocenters. The maximum absolute atomic E-state index is 12.1. The maximum atomic E-state index is 12.1. The van der Waals surface area contributed by atoms with E-state index in [1.165, 1.54) is 18.2 Å². The third-order valence-corrected chi connectivity index (χ3v) is 2.20. The maximum Gasteiger partial charge on any atom is 0.387 e. The fraction of sp³-hybridized carbons (Fsp3) is 0.417. The molecule has 1 rings (SSSR count). The molecule has 2 N–H and O–H groups in total. The molecule has 0 spiro atoms. The number of carbonyl (C=O) groups is 1. The van der Waals surface area contributed by atoms with E-state index in [-0.39, 0.29) is 17.9 Å². The molecule has 0 saturated carbocycles. The van der Waals surface area contributed by atoms with Crippen molar-refractivity contribution in [3.05, 3.63) is 29.8 Å². The minimum absolute atomic E-state index is 0.0448. The normalized spacial score (nSPS) is 12.3. The first-order valence-electron chi connectivity index (χ1n) is 5.51. The molecule has 0 heterocycles. The van der Waals surface area contributed by atoms with Crippen molar-refractivity contribution in [3.8, 4) is 5.75 Å². The Balaban J connectivity index is 2.66. The summed E-state index contributed by atoms with van der Waals surface area (Å²) in [5.41, 5.74) is 0.0448. The third-order valence-electron chi connectivity index (χ3n) is 2.20. The predicted octanol–water partition coefficient (Wildman–Crippen LogP) is 1.79. The quantitative estimate of drug-likeness (QED) is 0.818. The number of nitrogens with one attached hydrogen (secondary N) is 1. The van der Waals surface area contributed by atoms with Gasteiger partial charge in [-0.05, 0) is 25.5 Å². The van der Waals surface area contributed by atoms with Crippen molar-refractivity contribution in [2.45, 2.75) is 26.1 Å². The Labute approximate surface area is 104 Å². The number of benzene rings is 1. The summed E-state index contributed by atoms with van der Waals surface area (Å²) in [6.07, 6.45) is -0.137. The molecule has 6 heteroatoms. The van der Waals surface area contributed by atoms with Gasteiger partial charge in [0.2, 0.25) is 0 Å². The third kappa shape index (κ3) is 4.67. The first-order valence-corrected chi connectivity index (χ1v) is 5.51. The van der Waals surface area contributed by atoms with Gasteiger partial charge < -0.3 is 15.2 Å². The summed E-state index contributed by atoms with van der Waals surface area (Å²) < 4.78 is 28.5. The van der Waals surface area contributed by atoms with Crippen LogP contribution in [-0.2, 0) is 0 Å². The van der Waals surface area contributed by atoms with Crippen molar-refractivity contribution < 1.29 is 23.4 Å². The van der Waals surface area contributed by atoms with Gasteiger partial charge >= 0.3 is 6.61 Å². The zero-order valence-electron chi connectivity index (χ0n) is 9.90. The average molecular weight is 259 g/mol. The molecule has 1 amide bonds. The standard InChI is InChI=1S/C12H15F2NO3/c1-8(16)6-7-15-11(17)9-4-2-3-5-10(9)18-12(13)14/h2-5,8,12,16H,6-7H2,1H3,(H,15,17). The number of halogens is 2. The lowest BCUT2D eigenvalue weighted by Crippen LogP contribution is -2.27. The number of para-hydroxylation sites is 1. The lowest BCUT2D eigenvalue weighted by molar-refractivity contribution is -0.0501. The van der Waals surface area contributed by atoms with Crippen LogP contribution in [0.4, 0.5) is 8.78 Å². The molecule has 0 fully saturated rings. The first-order chi connectivity index (χ1) is 8.50. The van der Waals surface area contributed by atoms with Gasteiger partial charge in [0.25, 0.3) is 5.91 Å². The molecule has 0 radical (unpaired) electrons. The van der Waals surface area contributed by atoms with Crippen LogP contribution in [0.1, 0.15) is 23.7 Å². The van der Waals surface area contributed by atoms with Gasteiger partial charge in [-0.2, -0.15) is 8.78 Å². The molecule has 100 valence electrons. The Morgan fingerprint density at radius 1 is 1.44 bits per heavy atom. The Bertz CT molecular complexity index is 397. The van der Waals surface area contributed by atoms with Crippen LogP contribution in [0.2, 0.25) is 0 Å². The van der Waals surface area contributed by atoms with Crippen LogP contribution in [0.15, 0.2) is 24.3 Å². The van der Waals surface area contributed by atoms with Crippen LogP contribution >= 0.6 is 0 Å². The van der Waals surface area contributed by atoms with E-state index in [0.717, 1.165) is 0 Å². The molecule has 0 saturated heterocycles. The predicted molar refractivity (Wildman–Crippen MR) is 61.7 cm³/mol. The van der Waals surface area contributed by atoms with Crippen LogP contribution in [0, 0.1) is 0 Å². The van der Waals surface area contributed by atoms with Crippen molar-refractivity contribution in [1.29, 1.82) is 0 Å². The molecule has 0 aliphatic heterocycles. The average Bonchev–Trinajstić information content (AvgIpc) is 2.28. The number of rotatable bonds is 6. The molecule has 1 aromatic carbocycles. The summed E-state index contributed by atoms with van der Waals surface area (Å²) in [5.74, 6) is -0.672. The van der Waals surface area contributed by atoms with Gasteiger partial charge in [0.15, 0.2) is 0 Å². The van der Waals surface area contributed by atoms with Gasteiger partial charge in [-0.1, -0.05) is 12.1 Å². The molecule has 1 atom stereocenters. The zero-order chi connectivity index (χ0) is 13.5. The van der Waals surface area contributed by atoms with Crippen LogP contribution in [0.25, 0.3) is 0 Å². The highest BCUT2D eigenvalue weighted by atomic mass is 19.3. The fourth-order valence-corrected chi connectivity index (χ4v) is 1.34. The SMILES string of the molecule is CC(O)CCNC(=O)c1ccccc1OC(F)F. The lowest BCUT2D eigenvalue weighted by atomic mass is 10.2. The summed E-state index contributed by atoms with van der Waals surface area (Å²) in [4.78, 5) is 11.7. The van der Waals surface area contributed by atoms with E-state index in [1.807, 2.05) is 0 Å². The van der Waals surface area contributed by atoms with Gasteiger partial charge in [-0.25, -0.2) is 0 Å². The van der Waals surface area contributed by atoms with Gasteiger partial charge in [-0.15, -0.1) is 0 Å². The Morgan fingerprint density at radius 3 is 2.72 bits per heavy atom. The molecule has 0 bridgehead atoms. The Kier molecular flexibility index (Phi) is 5.51. The molecule has 0 aromatic heterocycles. The number of alkyl halides is 2. The number of hydrogen-bond acceptors (Lipinski definition) is 3. The summed E-state index contributed by atoms with van der Waals surface area (Å²) in [7, 11) is 0. The number of carbonyl (C=O) groups excluding carboxylic acids is 1. The van der Waals surface area contributed by atoms with E-state index in [4.69, 9.17) is 5.11 Å². The molecule has 0 aliphatic carbocycles. The van der Waals surface area contributed by atoms with Crippen molar-refractivity contribution in [1.82, 2.24) is 5.32 Å². The second-order valence-electron chi connectivity index (χ2n) is 3.77. The van der Waals surface area contributed by atoms with Gasteiger partial charge in [0.05, 0.1) is 11.7 Å². The minimum atomic E-state index is -2.98. The Hall–Kier alpha value is -1.69. The van der Waals surface area contributed by atoms with Gasteiger partial charge in [0.1, 0.15) is 5.75 Å². The fourth-order valence-electron chi connectivity index (χ4n) is 1.34. The van der Waals surface area contributed by atoms with E-state index in [1.54, 1.807) is 13.0 Å². The van der Waals surface area contributed by atoms with Crippen LogP contribution in [0.3, 0.4) is 0 Å². The highest BCUT2D eigenvalue weighted by Gasteiger charge is 2.14. The summed E-state index contributed by atoms with van der Waals surface area (Å²) >= 11 is 0. The molecular formula is C12H15F2NO3. The van der Waals surface area contributed by atoms with Gasteiger partial charge in [0, 0.05) is 6.54 Å². The molecule has 1 aromatic rings. The zero-order valence-corrected chi connectivity index (χ0v) is 9.90. The van der Waals surface area contributed by atoms with Crippen LogP contribution < -0.4 is 10.1 Å². The van der Waals surface area contributed by atoms with Crippen molar-refractivity contribution in [2.24, 2.45) is 0 Å². The highest BCUT2D eigenvalue weighted by molar-refractivity contribution is 5.96. The minimum Gasteiger partial charge on any atom is -0.434 e. The van der Waals surface area contributed by atoms with E-state index >= 15 is 0 Å². The van der Waals surface area contributed by atoms with Crippen molar-refractivity contribution in [3.63, 3.8) is 0 Å². The van der Waals surface area contributed by atoms with E-state index in [9.17, 15) is 13.6 Å². The molecule has 4 nitrogen and oxygen atoms in total. The summed E-state index contributed by atoms with van der Waals surface area (Å²) in [6.45, 7) is -1.11. The topological polar surface area (TPSA) is 58.6 Å². The van der Waals surface area contributed by atoms with E-state index in [2.05, 4.69) is 10.1 Å². The highest BCUT2D eigenvalue weighted by Crippen LogP contribution is 2.19. The second-order valence-corrected chi connectivity index (χ2v) is 3.77. The summed E-state index contributed by atoms with van der Waals surface area (Å²) in [5, 5.41) is 11.6.